The third-order valence-electron chi connectivity index (χ3n) is 6.58. The second kappa shape index (κ2) is 9.69. The van der Waals surface area contributed by atoms with Gasteiger partial charge in [0.25, 0.3) is 0 Å². The van der Waals surface area contributed by atoms with Gasteiger partial charge in [0.15, 0.2) is 5.65 Å². The Labute approximate surface area is 200 Å². The molecule has 1 saturated carbocycles. The number of rotatable bonds is 8. The number of methoxy groups -OCH3 is 1. The van der Waals surface area contributed by atoms with E-state index in [2.05, 4.69) is 31.1 Å². The van der Waals surface area contributed by atoms with Crippen LogP contribution < -0.4 is 4.72 Å². The topological polar surface area (TPSA) is 111 Å². The molecule has 0 amide bonds. The van der Waals surface area contributed by atoms with Crippen molar-refractivity contribution in [2.24, 2.45) is 16.8 Å². The number of pyridine rings is 1. The summed E-state index contributed by atoms with van der Waals surface area (Å²) in [5, 5.41) is 8.52. The first-order chi connectivity index (χ1) is 16.2. The summed E-state index contributed by atoms with van der Waals surface area (Å²) in [6.07, 6.45) is 14.3. The van der Waals surface area contributed by atoms with Crippen LogP contribution in [0.2, 0.25) is 0 Å². The van der Waals surface area contributed by atoms with Crippen LogP contribution in [0.1, 0.15) is 40.0 Å². The second-order valence-corrected chi connectivity index (χ2v) is 11.6. The number of aliphatic imine (C=N–C) groups is 1. The van der Waals surface area contributed by atoms with Crippen LogP contribution in [0, 0.1) is 11.8 Å². The van der Waals surface area contributed by atoms with E-state index in [1.807, 2.05) is 19.2 Å². The fraction of sp³-hybridized carbons (Fsp3) is 0.500. The van der Waals surface area contributed by atoms with Crippen molar-refractivity contribution < 1.29 is 13.2 Å². The minimum Gasteiger partial charge on any atom is -0.497 e. The van der Waals surface area contributed by atoms with Crippen molar-refractivity contribution in [3.05, 3.63) is 48.3 Å². The summed E-state index contributed by atoms with van der Waals surface area (Å²) in [5.41, 5.74) is 1.21. The molecule has 2 aromatic heterocycles. The molecule has 0 bridgehead atoms. The second-order valence-electron chi connectivity index (χ2n) is 9.34. The molecule has 1 N–H and O–H groups in total. The van der Waals surface area contributed by atoms with Crippen LogP contribution in [0.15, 0.2) is 53.3 Å². The third kappa shape index (κ3) is 5.06. The van der Waals surface area contributed by atoms with E-state index >= 15 is 0 Å². The molecule has 4 rings (SSSR count). The van der Waals surface area contributed by atoms with Crippen molar-refractivity contribution in [3.8, 4) is 0 Å². The molecule has 2 aromatic rings. The summed E-state index contributed by atoms with van der Waals surface area (Å²) in [7, 11) is -2.24. The highest BCUT2D eigenvalue weighted by Crippen LogP contribution is 2.34. The maximum Gasteiger partial charge on any atom is 0.242 e. The van der Waals surface area contributed by atoms with Gasteiger partial charge in [-0.2, -0.15) is 0 Å². The molecule has 2 aliphatic rings. The van der Waals surface area contributed by atoms with Crippen LogP contribution in [0.4, 0.5) is 5.82 Å². The number of ether oxygens (including phenoxy) is 1. The number of dihydropyridines is 1. The van der Waals surface area contributed by atoms with Crippen molar-refractivity contribution in [2.45, 2.75) is 57.4 Å². The Balaban J connectivity index is 1.51. The summed E-state index contributed by atoms with van der Waals surface area (Å²) in [6.45, 7) is 5.76. The first-order valence-corrected chi connectivity index (χ1v) is 13.0. The van der Waals surface area contributed by atoms with Crippen molar-refractivity contribution in [3.63, 3.8) is 0 Å². The number of hydrogen-bond acceptors (Lipinski definition) is 7. The molecule has 1 aliphatic heterocycles. The minimum atomic E-state index is -3.78. The number of aromatic nitrogens is 4. The van der Waals surface area contributed by atoms with E-state index < -0.39 is 14.8 Å². The highest BCUT2D eigenvalue weighted by atomic mass is 32.2. The lowest BCUT2D eigenvalue weighted by Crippen LogP contribution is -2.35. The zero-order valence-corrected chi connectivity index (χ0v) is 20.9. The van der Waals surface area contributed by atoms with Gasteiger partial charge in [-0.1, -0.05) is 17.4 Å². The van der Waals surface area contributed by atoms with Crippen LogP contribution in [0.25, 0.3) is 11.2 Å². The molecule has 34 heavy (non-hydrogen) atoms. The average Bonchev–Trinajstić information content (AvgIpc) is 3.21. The van der Waals surface area contributed by atoms with E-state index in [4.69, 9.17) is 4.74 Å². The normalized spacial score (nSPS) is 23.4. The molecule has 3 atom stereocenters. The Hall–Kier alpha value is -3.01. The Morgan fingerprint density at radius 3 is 2.91 bits per heavy atom. The van der Waals surface area contributed by atoms with Gasteiger partial charge in [-0.25, -0.2) is 18.1 Å². The van der Waals surface area contributed by atoms with E-state index in [0.29, 0.717) is 41.3 Å². The van der Waals surface area contributed by atoms with E-state index in [0.717, 1.165) is 19.3 Å². The first kappa shape index (κ1) is 24.1. The van der Waals surface area contributed by atoms with Gasteiger partial charge in [-0.15, -0.1) is 5.10 Å². The first-order valence-electron chi connectivity index (χ1n) is 11.5. The van der Waals surface area contributed by atoms with Gasteiger partial charge in [0.05, 0.1) is 13.2 Å². The molecule has 10 heteroatoms. The van der Waals surface area contributed by atoms with Crippen molar-refractivity contribution in [1.29, 1.82) is 0 Å². The van der Waals surface area contributed by atoms with E-state index in [9.17, 15) is 8.42 Å². The molecule has 0 spiro atoms. The number of anilines is 1. The molecule has 1 unspecified atom stereocenters. The largest absolute Gasteiger partial charge is 0.497 e. The Morgan fingerprint density at radius 2 is 2.15 bits per heavy atom. The minimum absolute atomic E-state index is 0.240. The van der Waals surface area contributed by atoms with Gasteiger partial charge < -0.3 is 4.74 Å². The molecular weight excluding hydrogens is 452 g/mol. The fourth-order valence-corrected chi connectivity index (χ4v) is 5.29. The number of hydrogen-bond donors (Lipinski definition) is 1. The van der Waals surface area contributed by atoms with Crippen LogP contribution in [0.5, 0.6) is 0 Å². The van der Waals surface area contributed by atoms with Crippen molar-refractivity contribution >= 4 is 33.2 Å². The molecule has 0 radical (unpaired) electrons. The van der Waals surface area contributed by atoms with Crippen molar-refractivity contribution in [2.75, 3.05) is 11.8 Å². The SMILES string of the molecule is C/C=C(\C=C/C(C)(C)S(=O)(=O)Nc1ccc2nnn(C[C@H]3CCC4N=CC=C[C@H]4C3)c2n1)OC. The van der Waals surface area contributed by atoms with Gasteiger partial charge in [-0.3, -0.25) is 9.71 Å². The summed E-state index contributed by atoms with van der Waals surface area (Å²) in [4.78, 5) is 9.15. The highest BCUT2D eigenvalue weighted by molar-refractivity contribution is 7.94. The van der Waals surface area contributed by atoms with Crippen LogP contribution >= 0.6 is 0 Å². The smallest absolute Gasteiger partial charge is 0.242 e. The third-order valence-corrected chi connectivity index (χ3v) is 8.58. The van der Waals surface area contributed by atoms with Gasteiger partial charge in [0.1, 0.15) is 21.8 Å². The molecule has 1 aliphatic carbocycles. The molecular formula is C24H32N6O3S. The van der Waals surface area contributed by atoms with Crippen LogP contribution in [-0.4, -0.2) is 52.5 Å². The predicted molar refractivity (Wildman–Crippen MR) is 134 cm³/mol. The standard InChI is InChI=1S/C24H32N6O3S/c1-5-19(33-4)12-13-24(2,3)34(31,32)28-22-11-10-21-23(26-22)30(29-27-21)16-17-8-9-20-18(15-17)7-6-14-25-20/h5-7,10-14,17-18,20H,8-9,15-16H2,1-4H3,(H,26,28)/b13-12-,19-5+/t17-,18-,20?/m0/s1. The molecule has 3 heterocycles. The van der Waals surface area contributed by atoms with E-state index in [1.54, 1.807) is 56.0 Å². The Bertz CT molecular complexity index is 1260. The molecule has 0 saturated heterocycles. The van der Waals surface area contributed by atoms with E-state index in [1.165, 1.54) is 0 Å². The monoisotopic (exact) mass is 484 g/mol. The van der Waals surface area contributed by atoms with Gasteiger partial charge in [0, 0.05) is 12.8 Å². The summed E-state index contributed by atoms with van der Waals surface area (Å²) in [6, 6.07) is 3.74. The summed E-state index contributed by atoms with van der Waals surface area (Å²) < 4.78 is 34.6. The van der Waals surface area contributed by atoms with Gasteiger partial charge >= 0.3 is 0 Å². The number of nitrogens with zero attached hydrogens (tertiary/aromatic N) is 5. The van der Waals surface area contributed by atoms with Gasteiger partial charge in [-0.05, 0) is 82.2 Å². The zero-order chi connectivity index (χ0) is 24.3. The average molecular weight is 485 g/mol. The molecule has 182 valence electrons. The highest BCUT2D eigenvalue weighted by Gasteiger charge is 2.33. The number of sulfonamides is 1. The number of allylic oxidation sites excluding steroid dienone is 3. The maximum absolute atomic E-state index is 13.1. The zero-order valence-electron chi connectivity index (χ0n) is 20.0. The summed E-state index contributed by atoms with van der Waals surface area (Å²) in [5.74, 6) is 1.73. The predicted octanol–water partition coefficient (Wildman–Crippen LogP) is 3.88. The maximum atomic E-state index is 13.1. The number of nitrogens with one attached hydrogen (secondary N) is 1. The van der Waals surface area contributed by atoms with Crippen LogP contribution in [0.3, 0.4) is 0 Å². The van der Waals surface area contributed by atoms with Crippen LogP contribution in [-0.2, 0) is 21.3 Å². The Kier molecular flexibility index (Phi) is 6.88. The lowest BCUT2D eigenvalue weighted by Gasteiger charge is -2.33. The molecule has 0 aromatic carbocycles. The number of fused-ring (bicyclic) bond motifs is 2. The lowest BCUT2D eigenvalue weighted by atomic mass is 9.77. The van der Waals surface area contributed by atoms with E-state index in [-0.39, 0.29) is 5.82 Å². The molecule has 9 nitrogen and oxygen atoms in total. The Morgan fingerprint density at radius 1 is 1.32 bits per heavy atom. The lowest BCUT2D eigenvalue weighted by molar-refractivity contribution is 0.241. The fourth-order valence-electron chi connectivity index (χ4n) is 4.39. The van der Waals surface area contributed by atoms with Gasteiger partial charge in [0.2, 0.25) is 10.0 Å². The summed E-state index contributed by atoms with van der Waals surface area (Å²) >= 11 is 0. The molecule has 1 fully saturated rings. The van der Waals surface area contributed by atoms with Crippen molar-refractivity contribution in [1.82, 2.24) is 20.0 Å². The quantitative estimate of drug-likeness (QED) is 0.450.